The van der Waals surface area contributed by atoms with Crippen LogP contribution < -0.4 is 5.73 Å². The lowest BCUT2D eigenvalue weighted by molar-refractivity contribution is 0.0961. The van der Waals surface area contributed by atoms with Gasteiger partial charge in [0.25, 0.3) is 0 Å². The molecular formula is C13H11ClF2N2O. The minimum atomic E-state index is -0.993. The van der Waals surface area contributed by atoms with Crippen molar-refractivity contribution in [2.45, 2.75) is 6.04 Å². The molecule has 0 amide bonds. The number of aromatic nitrogens is 1. The van der Waals surface area contributed by atoms with Gasteiger partial charge >= 0.3 is 0 Å². The van der Waals surface area contributed by atoms with Gasteiger partial charge in [0.1, 0.15) is 5.82 Å². The highest BCUT2D eigenvalue weighted by atomic mass is 35.5. The van der Waals surface area contributed by atoms with Crippen LogP contribution in [0.3, 0.4) is 0 Å². The van der Waals surface area contributed by atoms with Crippen molar-refractivity contribution >= 4 is 18.2 Å². The van der Waals surface area contributed by atoms with Gasteiger partial charge < -0.3 is 5.73 Å². The number of carbonyl (C=O) groups is 1. The second-order valence-electron chi connectivity index (χ2n) is 3.76. The molecule has 2 N–H and O–H groups in total. The van der Waals surface area contributed by atoms with E-state index in [-0.39, 0.29) is 18.0 Å². The van der Waals surface area contributed by atoms with E-state index in [0.717, 1.165) is 6.07 Å². The molecular weight excluding hydrogens is 274 g/mol. The topological polar surface area (TPSA) is 56.0 Å². The first-order valence-corrected chi connectivity index (χ1v) is 5.25. The summed E-state index contributed by atoms with van der Waals surface area (Å²) < 4.78 is 25.6. The van der Waals surface area contributed by atoms with E-state index in [1.165, 1.54) is 36.5 Å². The smallest absolute Gasteiger partial charge is 0.213 e. The third-order valence-electron chi connectivity index (χ3n) is 2.52. The molecule has 0 aliphatic rings. The summed E-state index contributed by atoms with van der Waals surface area (Å²) in [7, 11) is 0. The van der Waals surface area contributed by atoms with Crippen LogP contribution in [0.5, 0.6) is 0 Å². The number of nitrogens with zero attached hydrogens (tertiary/aromatic N) is 1. The molecule has 0 aliphatic heterocycles. The molecule has 19 heavy (non-hydrogen) atoms. The van der Waals surface area contributed by atoms with Gasteiger partial charge in [-0.2, -0.15) is 4.39 Å². The normalized spacial score (nSPS) is 11.5. The summed E-state index contributed by atoms with van der Waals surface area (Å²) in [6.45, 7) is 0. The van der Waals surface area contributed by atoms with Crippen molar-refractivity contribution < 1.29 is 13.6 Å². The largest absolute Gasteiger partial charge is 0.318 e. The predicted octanol–water partition coefficient (Wildman–Crippen LogP) is 2.66. The standard InChI is InChI=1S/C13H10F2N2O.ClH/c14-10-3-1-8(2-4-10)13(18)12(16)9-5-6-17-11(15)7-9;/h1-7,12H,16H2;1H. The number of hydrogen-bond donors (Lipinski definition) is 1. The average Bonchev–Trinajstić information content (AvgIpc) is 2.38. The molecule has 0 saturated carbocycles. The second-order valence-corrected chi connectivity index (χ2v) is 3.76. The van der Waals surface area contributed by atoms with Crippen LogP contribution >= 0.6 is 12.4 Å². The van der Waals surface area contributed by atoms with Crippen molar-refractivity contribution in [1.82, 2.24) is 4.98 Å². The minimum Gasteiger partial charge on any atom is -0.318 e. The van der Waals surface area contributed by atoms with Crippen molar-refractivity contribution in [3.05, 3.63) is 65.5 Å². The van der Waals surface area contributed by atoms with Gasteiger partial charge in [-0.1, -0.05) is 0 Å². The molecule has 1 heterocycles. The van der Waals surface area contributed by atoms with Crippen LogP contribution in [-0.2, 0) is 0 Å². The van der Waals surface area contributed by atoms with Crippen LogP contribution in [0.1, 0.15) is 22.0 Å². The number of hydrogen-bond acceptors (Lipinski definition) is 3. The van der Waals surface area contributed by atoms with Gasteiger partial charge in [-0.25, -0.2) is 9.37 Å². The molecule has 1 aromatic heterocycles. The fraction of sp³-hybridized carbons (Fsp3) is 0.0769. The first-order chi connectivity index (χ1) is 8.58. The summed E-state index contributed by atoms with van der Waals surface area (Å²) in [4.78, 5) is 15.4. The molecule has 0 radical (unpaired) electrons. The van der Waals surface area contributed by atoms with Crippen molar-refractivity contribution in [2.24, 2.45) is 5.73 Å². The number of nitrogens with two attached hydrogens (primary N) is 1. The van der Waals surface area contributed by atoms with Gasteiger partial charge in [-0.15, -0.1) is 12.4 Å². The predicted molar refractivity (Wildman–Crippen MR) is 69.1 cm³/mol. The maximum absolute atomic E-state index is 12.9. The lowest BCUT2D eigenvalue weighted by atomic mass is 9.99. The van der Waals surface area contributed by atoms with Gasteiger partial charge in [0.05, 0.1) is 6.04 Å². The summed E-state index contributed by atoms with van der Waals surface area (Å²) in [6.07, 6.45) is 1.24. The summed E-state index contributed by atoms with van der Waals surface area (Å²) in [5.74, 6) is -1.54. The number of rotatable bonds is 3. The van der Waals surface area contributed by atoms with Gasteiger partial charge in [-0.05, 0) is 42.0 Å². The Kier molecular flexibility index (Phi) is 5.09. The molecule has 0 aliphatic carbocycles. The van der Waals surface area contributed by atoms with Crippen LogP contribution in [0.25, 0.3) is 0 Å². The zero-order valence-electron chi connectivity index (χ0n) is 9.72. The fourth-order valence-corrected chi connectivity index (χ4v) is 1.56. The van der Waals surface area contributed by atoms with Gasteiger partial charge in [0.15, 0.2) is 5.78 Å². The maximum atomic E-state index is 12.9. The highest BCUT2D eigenvalue weighted by molar-refractivity contribution is 6.00. The van der Waals surface area contributed by atoms with Gasteiger partial charge in [0.2, 0.25) is 5.95 Å². The van der Waals surface area contributed by atoms with E-state index in [1.54, 1.807) is 0 Å². The van der Waals surface area contributed by atoms with Crippen LogP contribution in [-0.4, -0.2) is 10.8 Å². The highest BCUT2D eigenvalue weighted by Gasteiger charge is 2.18. The van der Waals surface area contributed by atoms with E-state index >= 15 is 0 Å². The van der Waals surface area contributed by atoms with Crippen LogP contribution in [0, 0.1) is 11.8 Å². The SMILES string of the molecule is Cl.NC(C(=O)c1ccc(F)cc1)c1ccnc(F)c1. The van der Waals surface area contributed by atoms with E-state index in [0.29, 0.717) is 5.56 Å². The lowest BCUT2D eigenvalue weighted by Gasteiger charge is -2.10. The zero-order chi connectivity index (χ0) is 13.1. The summed E-state index contributed by atoms with van der Waals surface area (Å²) in [6, 6.07) is 6.61. The number of benzene rings is 1. The number of pyridine rings is 1. The molecule has 0 bridgehead atoms. The number of Topliss-reactive ketones (excluding diaryl/α,β-unsaturated/α-hetero) is 1. The summed E-state index contributed by atoms with van der Waals surface area (Å²) >= 11 is 0. The molecule has 100 valence electrons. The molecule has 0 saturated heterocycles. The number of ketones is 1. The molecule has 0 spiro atoms. The second kappa shape index (κ2) is 6.36. The van der Waals surface area contributed by atoms with Gasteiger partial charge in [0, 0.05) is 11.8 Å². The Hall–Kier alpha value is -1.85. The molecule has 1 unspecified atom stereocenters. The Balaban J connectivity index is 0.00000180. The Labute approximate surface area is 114 Å². The molecule has 0 fully saturated rings. The third-order valence-corrected chi connectivity index (χ3v) is 2.52. The average molecular weight is 285 g/mol. The van der Waals surface area contributed by atoms with Gasteiger partial charge in [-0.3, -0.25) is 4.79 Å². The van der Waals surface area contributed by atoms with Crippen LogP contribution in [0.15, 0.2) is 42.6 Å². The molecule has 3 nitrogen and oxygen atoms in total. The maximum Gasteiger partial charge on any atom is 0.213 e. The highest BCUT2D eigenvalue weighted by Crippen LogP contribution is 2.16. The molecule has 2 aromatic rings. The summed E-state index contributed by atoms with van der Waals surface area (Å²) in [5, 5.41) is 0. The van der Waals surface area contributed by atoms with E-state index in [4.69, 9.17) is 5.73 Å². The molecule has 2 rings (SSSR count). The van der Waals surface area contributed by atoms with Crippen molar-refractivity contribution in [2.75, 3.05) is 0 Å². The summed E-state index contributed by atoms with van der Waals surface area (Å²) in [5.41, 5.74) is 6.35. The van der Waals surface area contributed by atoms with E-state index in [1.807, 2.05) is 0 Å². The lowest BCUT2D eigenvalue weighted by Crippen LogP contribution is -2.21. The van der Waals surface area contributed by atoms with Crippen LogP contribution in [0.4, 0.5) is 8.78 Å². The minimum absolute atomic E-state index is 0. The number of halogens is 3. The number of carbonyl (C=O) groups excluding carboxylic acids is 1. The van der Waals surface area contributed by atoms with E-state index < -0.39 is 23.6 Å². The monoisotopic (exact) mass is 284 g/mol. The third kappa shape index (κ3) is 3.56. The fourth-order valence-electron chi connectivity index (χ4n) is 1.56. The van der Waals surface area contributed by atoms with E-state index in [2.05, 4.69) is 4.98 Å². The van der Waals surface area contributed by atoms with Crippen LogP contribution in [0.2, 0.25) is 0 Å². The molecule has 1 atom stereocenters. The molecule has 1 aromatic carbocycles. The van der Waals surface area contributed by atoms with Crippen molar-refractivity contribution in [3.8, 4) is 0 Å². The Morgan fingerprint density at radius 2 is 1.79 bits per heavy atom. The van der Waals surface area contributed by atoms with E-state index in [9.17, 15) is 13.6 Å². The first-order valence-electron chi connectivity index (χ1n) is 5.25. The Morgan fingerprint density at radius 1 is 1.16 bits per heavy atom. The zero-order valence-corrected chi connectivity index (χ0v) is 10.5. The Morgan fingerprint density at radius 3 is 2.37 bits per heavy atom. The Bertz CT molecular complexity index is 575. The molecule has 6 heteroatoms. The van der Waals surface area contributed by atoms with Crippen molar-refractivity contribution in [1.29, 1.82) is 0 Å². The quantitative estimate of drug-likeness (QED) is 0.696. The van der Waals surface area contributed by atoms with Crippen molar-refractivity contribution in [3.63, 3.8) is 0 Å². The first kappa shape index (κ1) is 15.2.